The fourth-order valence-corrected chi connectivity index (χ4v) is 3.25. The van der Waals surface area contributed by atoms with Gasteiger partial charge in [-0.25, -0.2) is 0 Å². The predicted molar refractivity (Wildman–Crippen MR) is 85.2 cm³/mol. The highest BCUT2D eigenvalue weighted by Gasteiger charge is 2.27. The van der Waals surface area contributed by atoms with Gasteiger partial charge in [0.15, 0.2) is 0 Å². The largest absolute Gasteiger partial charge is 0.337 e. The molecule has 3 rings (SSSR count). The van der Waals surface area contributed by atoms with Crippen LogP contribution in [-0.4, -0.2) is 36.5 Å². The van der Waals surface area contributed by atoms with Crippen LogP contribution in [0.5, 0.6) is 0 Å². The first-order chi connectivity index (χ1) is 10.3. The molecule has 1 fully saturated rings. The quantitative estimate of drug-likeness (QED) is 0.862. The van der Waals surface area contributed by atoms with Gasteiger partial charge in [0.2, 0.25) is 0 Å². The molecule has 1 aromatic rings. The summed E-state index contributed by atoms with van der Waals surface area (Å²) in [5, 5.41) is 3.66. The van der Waals surface area contributed by atoms with E-state index < -0.39 is 0 Å². The molecule has 1 aromatic carbocycles. The summed E-state index contributed by atoms with van der Waals surface area (Å²) >= 11 is 0. The number of allylic oxidation sites excluding steroid dienone is 2. The van der Waals surface area contributed by atoms with E-state index in [1.165, 1.54) is 19.3 Å². The molecule has 0 radical (unpaired) electrons. The molecule has 0 bridgehead atoms. The van der Waals surface area contributed by atoms with Crippen LogP contribution in [0.15, 0.2) is 42.5 Å². The van der Waals surface area contributed by atoms with Crippen molar-refractivity contribution in [3.05, 3.63) is 48.0 Å². The number of rotatable bonds is 4. The number of likely N-dealkylation sites (tertiary alicyclic amines) is 1. The van der Waals surface area contributed by atoms with Gasteiger partial charge in [0, 0.05) is 24.7 Å². The summed E-state index contributed by atoms with van der Waals surface area (Å²) in [4.78, 5) is 14.4. The monoisotopic (exact) mass is 284 g/mol. The molecule has 2 aliphatic rings. The maximum atomic E-state index is 12.4. The lowest BCUT2D eigenvalue weighted by atomic mass is 9.94. The molecule has 3 heteroatoms. The van der Waals surface area contributed by atoms with E-state index in [1.54, 1.807) is 0 Å². The standard InChI is InChI=1S/C18H24N2O/c21-18(16-9-5-2-6-10-16)20-12-11-17(14-20)19-13-15-7-3-1-4-8-15/h1-3,5-6,9-10,15,17,19H,4,7-8,11-14H2/t15-,17-/m1/s1. The van der Waals surface area contributed by atoms with Gasteiger partial charge in [-0.05, 0) is 50.3 Å². The van der Waals surface area contributed by atoms with Crippen molar-refractivity contribution in [2.45, 2.75) is 31.7 Å². The summed E-state index contributed by atoms with van der Waals surface area (Å²) in [6.07, 6.45) is 9.37. The fourth-order valence-electron chi connectivity index (χ4n) is 3.25. The Bertz CT molecular complexity index is 497. The number of carbonyl (C=O) groups is 1. The molecule has 1 heterocycles. The number of hydrogen-bond acceptors (Lipinski definition) is 2. The van der Waals surface area contributed by atoms with Crippen LogP contribution in [0.25, 0.3) is 0 Å². The van der Waals surface area contributed by atoms with E-state index >= 15 is 0 Å². The van der Waals surface area contributed by atoms with Gasteiger partial charge in [0.05, 0.1) is 0 Å². The summed E-state index contributed by atoms with van der Waals surface area (Å²) in [7, 11) is 0. The summed E-state index contributed by atoms with van der Waals surface area (Å²) in [6, 6.07) is 10.1. The van der Waals surface area contributed by atoms with Crippen molar-refractivity contribution in [1.29, 1.82) is 0 Å². The van der Waals surface area contributed by atoms with Gasteiger partial charge >= 0.3 is 0 Å². The molecule has 2 atom stereocenters. The predicted octanol–water partition coefficient (Wildman–Crippen LogP) is 2.85. The Hall–Kier alpha value is -1.61. The van der Waals surface area contributed by atoms with Crippen molar-refractivity contribution >= 4 is 5.91 Å². The first-order valence-electron chi connectivity index (χ1n) is 8.05. The van der Waals surface area contributed by atoms with Crippen molar-refractivity contribution in [3.8, 4) is 0 Å². The average Bonchev–Trinajstić information content (AvgIpc) is 3.03. The van der Waals surface area contributed by atoms with Crippen LogP contribution in [0.4, 0.5) is 0 Å². The summed E-state index contributed by atoms with van der Waals surface area (Å²) in [6.45, 7) is 2.80. The molecule has 3 nitrogen and oxygen atoms in total. The topological polar surface area (TPSA) is 32.3 Å². The SMILES string of the molecule is O=C(c1ccccc1)N1CC[C@@H](NC[C@@H]2CC=CCC2)C1. The molecular formula is C18H24N2O. The van der Waals surface area contributed by atoms with Crippen molar-refractivity contribution in [1.82, 2.24) is 10.2 Å². The zero-order chi connectivity index (χ0) is 14.5. The third-order valence-electron chi connectivity index (χ3n) is 4.57. The van der Waals surface area contributed by atoms with Gasteiger partial charge in [-0.2, -0.15) is 0 Å². The van der Waals surface area contributed by atoms with Gasteiger partial charge in [-0.15, -0.1) is 0 Å². The minimum absolute atomic E-state index is 0.167. The van der Waals surface area contributed by atoms with E-state index in [0.717, 1.165) is 37.5 Å². The van der Waals surface area contributed by atoms with Crippen molar-refractivity contribution in [2.75, 3.05) is 19.6 Å². The van der Waals surface area contributed by atoms with Crippen molar-refractivity contribution < 1.29 is 4.79 Å². The van der Waals surface area contributed by atoms with E-state index in [2.05, 4.69) is 17.5 Å². The molecule has 112 valence electrons. The highest BCUT2D eigenvalue weighted by Crippen LogP contribution is 2.19. The molecule has 1 N–H and O–H groups in total. The molecule has 1 amide bonds. The highest BCUT2D eigenvalue weighted by atomic mass is 16.2. The zero-order valence-electron chi connectivity index (χ0n) is 12.5. The number of benzene rings is 1. The molecule has 1 aliphatic heterocycles. The number of carbonyl (C=O) groups excluding carboxylic acids is 1. The fraction of sp³-hybridized carbons (Fsp3) is 0.500. The van der Waals surface area contributed by atoms with Gasteiger partial charge in [-0.3, -0.25) is 4.79 Å². The van der Waals surface area contributed by atoms with Crippen molar-refractivity contribution in [2.24, 2.45) is 5.92 Å². The van der Waals surface area contributed by atoms with Crippen LogP contribution in [0.1, 0.15) is 36.0 Å². The van der Waals surface area contributed by atoms with Crippen LogP contribution in [0, 0.1) is 5.92 Å². The summed E-state index contributed by atoms with van der Waals surface area (Å²) in [5.74, 6) is 0.939. The number of hydrogen-bond donors (Lipinski definition) is 1. The number of nitrogens with zero attached hydrogens (tertiary/aromatic N) is 1. The molecule has 1 aliphatic carbocycles. The molecule has 0 saturated carbocycles. The Labute approximate surface area is 127 Å². The molecule has 21 heavy (non-hydrogen) atoms. The first-order valence-corrected chi connectivity index (χ1v) is 8.05. The van der Waals surface area contributed by atoms with Crippen LogP contribution >= 0.6 is 0 Å². The van der Waals surface area contributed by atoms with E-state index in [9.17, 15) is 4.79 Å². The molecule has 0 aromatic heterocycles. The van der Waals surface area contributed by atoms with E-state index in [-0.39, 0.29) is 5.91 Å². The molecule has 1 saturated heterocycles. The van der Waals surface area contributed by atoms with Crippen LogP contribution in [-0.2, 0) is 0 Å². The van der Waals surface area contributed by atoms with E-state index in [1.807, 2.05) is 35.2 Å². The van der Waals surface area contributed by atoms with E-state index in [0.29, 0.717) is 6.04 Å². The number of nitrogens with one attached hydrogen (secondary N) is 1. The average molecular weight is 284 g/mol. The van der Waals surface area contributed by atoms with Gasteiger partial charge in [0.25, 0.3) is 5.91 Å². The van der Waals surface area contributed by atoms with Crippen molar-refractivity contribution in [3.63, 3.8) is 0 Å². The summed E-state index contributed by atoms with van der Waals surface area (Å²) in [5.41, 5.74) is 0.801. The second-order valence-electron chi connectivity index (χ2n) is 6.16. The lowest BCUT2D eigenvalue weighted by molar-refractivity contribution is 0.0789. The molecular weight excluding hydrogens is 260 g/mol. The minimum atomic E-state index is 0.167. The first kappa shape index (κ1) is 14.3. The third kappa shape index (κ3) is 3.73. The Kier molecular flexibility index (Phi) is 4.71. The summed E-state index contributed by atoms with van der Waals surface area (Å²) < 4.78 is 0. The molecule has 0 spiro atoms. The lowest BCUT2D eigenvalue weighted by Crippen LogP contribution is -2.37. The van der Waals surface area contributed by atoms with Crippen LogP contribution in [0.3, 0.4) is 0 Å². The van der Waals surface area contributed by atoms with Crippen LogP contribution in [0.2, 0.25) is 0 Å². The Morgan fingerprint density at radius 3 is 2.81 bits per heavy atom. The zero-order valence-corrected chi connectivity index (χ0v) is 12.5. The normalized spacial score (nSPS) is 25.2. The second kappa shape index (κ2) is 6.90. The lowest BCUT2D eigenvalue weighted by Gasteiger charge is -2.21. The van der Waals surface area contributed by atoms with Gasteiger partial charge in [-0.1, -0.05) is 30.4 Å². The van der Waals surface area contributed by atoms with Gasteiger partial charge < -0.3 is 10.2 Å². The smallest absolute Gasteiger partial charge is 0.253 e. The maximum absolute atomic E-state index is 12.4. The van der Waals surface area contributed by atoms with Crippen LogP contribution < -0.4 is 5.32 Å². The molecule has 0 unspecified atom stereocenters. The minimum Gasteiger partial charge on any atom is -0.337 e. The van der Waals surface area contributed by atoms with E-state index in [4.69, 9.17) is 0 Å². The number of amides is 1. The Morgan fingerprint density at radius 1 is 1.19 bits per heavy atom. The van der Waals surface area contributed by atoms with Gasteiger partial charge in [0.1, 0.15) is 0 Å². The second-order valence-corrected chi connectivity index (χ2v) is 6.16. The Balaban J connectivity index is 1.47. The third-order valence-corrected chi connectivity index (χ3v) is 4.57. The highest BCUT2D eigenvalue weighted by molar-refractivity contribution is 5.94. The maximum Gasteiger partial charge on any atom is 0.253 e. The Morgan fingerprint density at radius 2 is 2.05 bits per heavy atom.